The number of hydrogen-bond acceptors (Lipinski definition) is 3. The van der Waals surface area contributed by atoms with Crippen LogP contribution in [0.4, 0.5) is 0 Å². The minimum absolute atomic E-state index is 0.448. The molecule has 1 atom stereocenters. The maximum Gasteiger partial charge on any atom is 0.234 e. The fourth-order valence-corrected chi connectivity index (χ4v) is 1.86. The van der Waals surface area contributed by atoms with E-state index in [4.69, 9.17) is 16.2 Å². The van der Waals surface area contributed by atoms with Gasteiger partial charge in [0.15, 0.2) is 0 Å². The van der Waals surface area contributed by atoms with Gasteiger partial charge in [-0.05, 0) is 36.1 Å². The van der Waals surface area contributed by atoms with Gasteiger partial charge >= 0.3 is 0 Å². The highest BCUT2D eigenvalue weighted by atomic mass is 16.5. The molecule has 0 saturated carbocycles. The molecule has 0 saturated heterocycles. The number of nitrogens with two attached hydrogens (primary N) is 2. The highest BCUT2D eigenvalue weighted by Gasteiger charge is 2.09. The summed E-state index contributed by atoms with van der Waals surface area (Å²) in [7, 11) is 0. The predicted octanol–water partition coefficient (Wildman–Crippen LogP) is 1.31. The summed E-state index contributed by atoms with van der Waals surface area (Å²) in [4.78, 5) is 10.9. The summed E-state index contributed by atoms with van der Waals surface area (Å²) in [5.74, 6) is 0.317. The van der Waals surface area contributed by atoms with Crippen molar-refractivity contribution in [3.8, 4) is 5.75 Å². The van der Waals surface area contributed by atoms with Crippen LogP contribution in [0.5, 0.6) is 5.75 Å². The number of hydrogen-bond donors (Lipinski definition) is 2. The van der Waals surface area contributed by atoms with E-state index in [0.29, 0.717) is 13.0 Å². The third-order valence-electron chi connectivity index (χ3n) is 3.00. The van der Waals surface area contributed by atoms with E-state index in [9.17, 15) is 4.79 Å². The highest BCUT2D eigenvalue weighted by molar-refractivity contribution is 5.79. The molecular formula is C15H18N2O2. The molecule has 0 unspecified atom stereocenters. The van der Waals surface area contributed by atoms with Crippen LogP contribution >= 0.6 is 0 Å². The van der Waals surface area contributed by atoms with Crippen molar-refractivity contribution in [1.82, 2.24) is 0 Å². The number of carbonyl (C=O) groups is 1. The van der Waals surface area contributed by atoms with E-state index in [1.165, 1.54) is 5.57 Å². The van der Waals surface area contributed by atoms with Crippen LogP contribution in [0.15, 0.2) is 48.1 Å². The average molecular weight is 258 g/mol. The molecule has 19 heavy (non-hydrogen) atoms. The van der Waals surface area contributed by atoms with E-state index in [1.807, 2.05) is 24.3 Å². The normalized spacial score (nSPS) is 15.1. The molecule has 1 aromatic rings. The Bertz CT molecular complexity index is 503. The Balaban J connectivity index is 1.87. The van der Waals surface area contributed by atoms with Crippen molar-refractivity contribution in [2.75, 3.05) is 6.61 Å². The van der Waals surface area contributed by atoms with Gasteiger partial charge in [-0.15, -0.1) is 0 Å². The Kier molecular flexibility index (Phi) is 4.36. The molecule has 2 rings (SSSR count). The molecule has 1 aliphatic rings. The van der Waals surface area contributed by atoms with Crippen LogP contribution in [-0.4, -0.2) is 18.6 Å². The van der Waals surface area contributed by atoms with Crippen LogP contribution in [0.3, 0.4) is 0 Å². The van der Waals surface area contributed by atoms with Gasteiger partial charge in [0, 0.05) is 0 Å². The monoisotopic (exact) mass is 258 g/mol. The van der Waals surface area contributed by atoms with Crippen LogP contribution in [0.1, 0.15) is 12.0 Å². The van der Waals surface area contributed by atoms with Crippen LogP contribution in [0.25, 0.3) is 0 Å². The second-order valence-electron chi connectivity index (χ2n) is 4.56. The van der Waals surface area contributed by atoms with Gasteiger partial charge in [-0.25, -0.2) is 0 Å². The number of primary amides is 1. The summed E-state index contributed by atoms with van der Waals surface area (Å²) in [6.45, 7) is 0.580. The van der Waals surface area contributed by atoms with E-state index in [0.717, 1.165) is 17.7 Å². The number of allylic oxidation sites excluding steroid dienone is 2. The molecule has 0 heterocycles. The second-order valence-corrected chi connectivity index (χ2v) is 4.56. The summed E-state index contributed by atoms with van der Waals surface area (Å²) < 4.78 is 5.65. The number of amides is 1. The molecule has 0 radical (unpaired) electrons. The largest absolute Gasteiger partial charge is 0.489 e. The Hall–Kier alpha value is -2.07. The van der Waals surface area contributed by atoms with E-state index >= 15 is 0 Å². The van der Waals surface area contributed by atoms with Gasteiger partial charge in [0.25, 0.3) is 0 Å². The molecule has 1 aliphatic carbocycles. The maximum atomic E-state index is 10.9. The van der Waals surface area contributed by atoms with Crippen molar-refractivity contribution in [3.63, 3.8) is 0 Å². The molecule has 4 N–H and O–H groups in total. The zero-order chi connectivity index (χ0) is 13.7. The zero-order valence-corrected chi connectivity index (χ0v) is 10.7. The molecule has 0 bridgehead atoms. The molecule has 0 aliphatic heterocycles. The van der Waals surface area contributed by atoms with E-state index in [2.05, 4.69) is 18.2 Å². The van der Waals surface area contributed by atoms with Gasteiger partial charge in [-0.3, -0.25) is 4.79 Å². The third-order valence-corrected chi connectivity index (χ3v) is 3.00. The smallest absolute Gasteiger partial charge is 0.234 e. The first-order valence-corrected chi connectivity index (χ1v) is 6.27. The number of benzene rings is 1. The first-order chi connectivity index (χ1) is 9.15. The zero-order valence-electron chi connectivity index (χ0n) is 10.7. The fourth-order valence-electron chi connectivity index (χ4n) is 1.86. The summed E-state index contributed by atoms with van der Waals surface area (Å²) >= 11 is 0. The molecular weight excluding hydrogens is 240 g/mol. The molecule has 0 aromatic heterocycles. The third kappa shape index (κ3) is 3.96. The average Bonchev–Trinajstić information content (AvgIpc) is 2.91. The molecule has 4 heteroatoms. The molecule has 1 amide bonds. The lowest BCUT2D eigenvalue weighted by molar-refractivity contribution is -0.119. The van der Waals surface area contributed by atoms with Crippen molar-refractivity contribution in [3.05, 3.63) is 53.6 Å². The first-order valence-electron chi connectivity index (χ1n) is 6.27. The number of rotatable bonds is 6. The minimum atomic E-state index is -0.638. The summed E-state index contributed by atoms with van der Waals surface area (Å²) in [6, 6.07) is 6.92. The Morgan fingerprint density at radius 1 is 1.32 bits per heavy atom. The van der Waals surface area contributed by atoms with Crippen molar-refractivity contribution in [2.45, 2.75) is 18.9 Å². The lowest BCUT2D eigenvalue weighted by Gasteiger charge is -2.09. The van der Waals surface area contributed by atoms with Gasteiger partial charge in [0.1, 0.15) is 12.4 Å². The van der Waals surface area contributed by atoms with Crippen molar-refractivity contribution in [1.29, 1.82) is 0 Å². The maximum absolute atomic E-state index is 10.9. The Morgan fingerprint density at radius 2 is 2.05 bits per heavy atom. The van der Waals surface area contributed by atoms with E-state index in [1.54, 1.807) is 0 Å². The van der Waals surface area contributed by atoms with Gasteiger partial charge in [0.05, 0.1) is 6.04 Å². The minimum Gasteiger partial charge on any atom is -0.489 e. The fraction of sp³-hybridized carbons (Fsp3) is 0.267. The molecule has 0 fully saturated rings. The predicted molar refractivity (Wildman–Crippen MR) is 74.7 cm³/mol. The topological polar surface area (TPSA) is 78.3 Å². The summed E-state index contributed by atoms with van der Waals surface area (Å²) in [5, 5.41) is 0. The van der Waals surface area contributed by atoms with Gasteiger partial charge < -0.3 is 16.2 Å². The first kappa shape index (κ1) is 13.4. The van der Waals surface area contributed by atoms with Crippen molar-refractivity contribution in [2.24, 2.45) is 11.5 Å². The van der Waals surface area contributed by atoms with Crippen molar-refractivity contribution >= 4 is 5.91 Å². The summed E-state index contributed by atoms with van der Waals surface area (Å²) in [5.41, 5.74) is 12.9. The number of carbonyl (C=O) groups excluding carboxylic acids is 1. The lowest BCUT2D eigenvalue weighted by atomic mass is 10.1. The Labute approximate surface area is 112 Å². The van der Waals surface area contributed by atoms with Gasteiger partial charge in [-0.1, -0.05) is 30.4 Å². The second kappa shape index (κ2) is 6.20. The van der Waals surface area contributed by atoms with Gasteiger partial charge in [-0.2, -0.15) is 0 Å². The van der Waals surface area contributed by atoms with Crippen LogP contribution in [-0.2, 0) is 11.2 Å². The van der Waals surface area contributed by atoms with Crippen molar-refractivity contribution < 1.29 is 9.53 Å². The SMILES string of the molecule is NC(=O)[C@@H](N)Cc1ccc(OCC2=CCC=C2)cc1. The quantitative estimate of drug-likeness (QED) is 0.807. The standard InChI is InChI=1S/C15H18N2O2/c16-14(15(17)18)9-11-5-7-13(8-6-11)19-10-12-3-1-2-4-12/h1,3-8,14H,2,9-10,16H2,(H2,17,18)/t14-/m0/s1. The number of ether oxygens (including phenoxy) is 1. The van der Waals surface area contributed by atoms with E-state index < -0.39 is 11.9 Å². The van der Waals surface area contributed by atoms with Gasteiger partial charge in [0.2, 0.25) is 5.91 Å². The highest BCUT2D eigenvalue weighted by Crippen LogP contribution is 2.16. The van der Waals surface area contributed by atoms with Crippen LogP contribution in [0.2, 0.25) is 0 Å². The molecule has 1 aromatic carbocycles. The molecule has 0 spiro atoms. The summed E-state index contributed by atoms with van der Waals surface area (Å²) in [6.07, 6.45) is 7.75. The van der Waals surface area contributed by atoms with Crippen LogP contribution < -0.4 is 16.2 Å². The van der Waals surface area contributed by atoms with Crippen LogP contribution in [0, 0.1) is 0 Å². The lowest BCUT2D eigenvalue weighted by Crippen LogP contribution is -2.38. The Morgan fingerprint density at radius 3 is 2.63 bits per heavy atom. The molecule has 4 nitrogen and oxygen atoms in total. The molecule has 100 valence electrons. The van der Waals surface area contributed by atoms with E-state index in [-0.39, 0.29) is 0 Å².